The minimum absolute atomic E-state index is 0.181. The lowest BCUT2D eigenvalue weighted by Gasteiger charge is -2.11. The fourth-order valence-corrected chi connectivity index (χ4v) is 4.04. The van der Waals surface area contributed by atoms with Crippen molar-refractivity contribution in [3.05, 3.63) is 94.9 Å². The van der Waals surface area contributed by atoms with Crippen molar-refractivity contribution in [2.75, 3.05) is 6.61 Å². The zero-order valence-corrected chi connectivity index (χ0v) is 19.3. The van der Waals surface area contributed by atoms with Crippen LogP contribution in [-0.4, -0.2) is 31.1 Å². The van der Waals surface area contributed by atoms with Crippen LogP contribution < -0.4 is 4.74 Å². The van der Waals surface area contributed by atoms with Crippen LogP contribution in [0.3, 0.4) is 0 Å². The first-order valence-corrected chi connectivity index (χ1v) is 11.4. The van der Waals surface area contributed by atoms with Crippen molar-refractivity contribution < 1.29 is 9.13 Å². The van der Waals surface area contributed by atoms with Crippen LogP contribution in [-0.2, 0) is 19.4 Å². The third kappa shape index (κ3) is 5.12. The molecule has 6 nitrogen and oxygen atoms in total. The largest absolute Gasteiger partial charge is 0.492 e. The summed E-state index contributed by atoms with van der Waals surface area (Å²) in [4.78, 5) is 16.4. The van der Waals surface area contributed by atoms with Gasteiger partial charge in [0.1, 0.15) is 24.0 Å². The Labute approximate surface area is 198 Å². The monoisotopic (exact) mass is 505 g/mol. The molecular weight excluding hydrogens is 485 g/mol. The van der Waals surface area contributed by atoms with E-state index < -0.39 is 0 Å². The van der Waals surface area contributed by atoms with Gasteiger partial charge in [-0.15, -0.1) is 0 Å². The quantitative estimate of drug-likeness (QED) is 0.298. The average molecular weight is 506 g/mol. The van der Waals surface area contributed by atoms with Gasteiger partial charge in [-0.1, -0.05) is 18.2 Å². The number of nitrogens with zero attached hydrogens (tertiary/aromatic N) is 4. The molecule has 0 aliphatic rings. The van der Waals surface area contributed by atoms with Crippen molar-refractivity contribution in [1.29, 1.82) is 0 Å². The second kappa shape index (κ2) is 9.54. The minimum atomic E-state index is -0.181. The maximum absolute atomic E-state index is 14.1. The van der Waals surface area contributed by atoms with Gasteiger partial charge in [0.15, 0.2) is 5.65 Å². The van der Waals surface area contributed by atoms with E-state index in [1.54, 1.807) is 24.8 Å². The van der Waals surface area contributed by atoms with Crippen molar-refractivity contribution in [3.63, 3.8) is 0 Å². The number of benzene rings is 2. The summed E-state index contributed by atoms with van der Waals surface area (Å²) in [5.41, 5.74) is 4.13. The number of nitrogens with one attached hydrogen (secondary N) is 1. The van der Waals surface area contributed by atoms with Crippen LogP contribution in [0.15, 0.2) is 77.9 Å². The summed E-state index contributed by atoms with van der Waals surface area (Å²) in [6.45, 7) is 1.19. The first-order valence-electron chi connectivity index (χ1n) is 10.6. The third-order valence-corrected chi connectivity index (χ3v) is 5.80. The number of halogens is 2. The number of H-pyrrole nitrogens is 1. The van der Waals surface area contributed by atoms with Crippen molar-refractivity contribution in [1.82, 2.24) is 24.5 Å². The lowest BCUT2D eigenvalue weighted by Crippen LogP contribution is -2.07. The van der Waals surface area contributed by atoms with Gasteiger partial charge >= 0.3 is 0 Å². The van der Waals surface area contributed by atoms with Crippen molar-refractivity contribution in [2.24, 2.45) is 0 Å². The molecule has 0 saturated heterocycles. The molecule has 0 unspecified atom stereocenters. The van der Waals surface area contributed by atoms with Gasteiger partial charge in [-0.05, 0) is 70.2 Å². The molecule has 5 rings (SSSR count). The van der Waals surface area contributed by atoms with E-state index in [2.05, 4.69) is 41.9 Å². The average Bonchev–Trinajstić information content (AvgIpc) is 3.48. The Bertz CT molecular complexity index is 1380. The second-order valence-electron chi connectivity index (χ2n) is 7.72. The number of aryl methyl sites for hydroxylation is 2. The molecule has 33 heavy (non-hydrogen) atoms. The summed E-state index contributed by atoms with van der Waals surface area (Å²) in [6, 6.07) is 14.9. The smallest absolute Gasteiger partial charge is 0.178 e. The van der Waals surface area contributed by atoms with Gasteiger partial charge in [0, 0.05) is 28.6 Å². The van der Waals surface area contributed by atoms with E-state index in [9.17, 15) is 4.39 Å². The summed E-state index contributed by atoms with van der Waals surface area (Å²) in [5, 5.41) is 0. The molecule has 0 radical (unpaired) electrons. The van der Waals surface area contributed by atoms with Crippen LogP contribution in [0, 0.1) is 5.82 Å². The number of aromatic nitrogens is 5. The molecule has 0 spiro atoms. The van der Waals surface area contributed by atoms with Crippen LogP contribution in [0.5, 0.6) is 5.75 Å². The van der Waals surface area contributed by atoms with Crippen LogP contribution in [0.2, 0.25) is 0 Å². The molecule has 0 amide bonds. The normalized spacial score (nSPS) is 11.2. The number of ether oxygens (including phenoxy) is 1. The van der Waals surface area contributed by atoms with Gasteiger partial charge in [0.05, 0.1) is 18.4 Å². The van der Waals surface area contributed by atoms with Gasteiger partial charge in [-0.2, -0.15) is 0 Å². The molecule has 166 valence electrons. The zero-order chi connectivity index (χ0) is 22.6. The van der Waals surface area contributed by atoms with Gasteiger partial charge < -0.3 is 14.3 Å². The van der Waals surface area contributed by atoms with E-state index in [0.717, 1.165) is 26.9 Å². The van der Waals surface area contributed by atoms with Crippen LogP contribution in [0.1, 0.15) is 11.1 Å². The maximum atomic E-state index is 14.1. The minimum Gasteiger partial charge on any atom is -0.492 e. The summed E-state index contributed by atoms with van der Waals surface area (Å²) >= 11 is 3.45. The van der Waals surface area contributed by atoms with E-state index in [1.165, 1.54) is 6.07 Å². The molecule has 2 aromatic carbocycles. The highest BCUT2D eigenvalue weighted by molar-refractivity contribution is 9.10. The molecule has 8 heteroatoms. The Balaban J connectivity index is 1.42. The van der Waals surface area contributed by atoms with Gasteiger partial charge in [0.25, 0.3) is 0 Å². The molecule has 1 N–H and O–H groups in total. The zero-order valence-electron chi connectivity index (χ0n) is 17.7. The Kier molecular flexibility index (Phi) is 6.17. The molecule has 5 aromatic rings. The Hall–Kier alpha value is -3.52. The maximum Gasteiger partial charge on any atom is 0.178 e. The van der Waals surface area contributed by atoms with Gasteiger partial charge in [-0.3, -0.25) is 0 Å². The highest BCUT2D eigenvalue weighted by Gasteiger charge is 2.11. The fraction of sp³-hybridized carbons (Fsp3) is 0.160. The van der Waals surface area contributed by atoms with Crippen LogP contribution >= 0.6 is 15.9 Å². The number of aromatic amines is 1. The van der Waals surface area contributed by atoms with Gasteiger partial charge in [0.2, 0.25) is 0 Å². The lowest BCUT2D eigenvalue weighted by atomic mass is 10.0. The van der Waals surface area contributed by atoms with Crippen LogP contribution in [0.25, 0.3) is 22.6 Å². The molecule has 0 fully saturated rings. The van der Waals surface area contributed by atoms with E-state index in [-0.39, 0.29) is 5.82 Å². The summed E-state index contributed by atoms with van der Waals surface area (Å²) < 4.78 is 23.0. The molecule has 3 heterocycles. The third-order valence-electron chi connectivity index (χ3n) is 5.36. The second-order valence-corrected chi connectivity index (χ2v) is 8.63. The number of hydrogen-bond donors (Lipinski definition) is 1. The summed E-state index contributed by atoms with van der Waals surface area (Å²) in [7, 11) is 0. The lowest BCUT2D eigenvalue weighted by molar-refractivity contribution is 0.298. The first kappa shape index (κ1) is 21.3. The number of pyridine rings is 1. The summed E-state index contributed by atoms with van der Waals surface area (Å²) in [6.07, 6.45) is 8.41. The van der Waals surface area contributed by atoms with E-state index in [1.807, 2.05) is 41.1 Å². The van der Waals surface area contributed by atoms with E-state index in [0.29, 0.717) is 43.0 Å². The van der Waals surface area contributed by atoms with E-state index in [4.69, 9.17) is 4.74 Å². The van der Waals surface area contributed by atoms with Crippen molar-refractivity contribution >= 4 is 27.1 Å². The fourth-order valence-electron chi connectivity index (χ4n) is 3.70. The van der Waals surface area contributed by atoms with Crippen LogP contribution in [0.4, 0.5) is 4.39 Å². The summed E-state index contributed by atoms with van der Waals surface area (Å²) in [5.74, 6) is 1.27. The predicted octanol–water partition coefficient (Wildman–Crippen LogP) is 5.59. The standard InChI is InChI=1S/C25H21BrFN5O/c26-20-14-23-25(29-15-20)31-24(30-23)19-11-17(5-6-18-3-1-2-4-22(18)27)12-21(13-19)33-10-9-32-8-7-28-16-32/h1-4,7-8,11-16H,5-6,9-10H2,(H,29,30,31). The predicted molar refractivity (Wildman–Crippen MR) is 129 cm³/mol. The number of hydrogen-bond acceptors (Lipinski definition) is 4. The highest BCUT2D eigenvalue weighted by Crippen LogP contribution is 2.27. The Morgan fingerprint density at radius 1 is 1.09 bits per heavy atom. The molecule has 0 aliphatic heterocycles. The number of fused-ring (bicyclic) bond motifs is 1. The molecule has 0 saturated carbocycles. The topological polar surface area (TPSA) is 68.6 Å². The van der Waals surface area contributed by atoms with Crippen molar-refractivity contribution in [3.8, 4) is 17.1 Å². The molecule has 0 atom stereocenters. The van der Waals surface area contributed by atoms with Gasteiger partial charge in [-0.25, -0.2) is 19.3 Å². The molecule has 3 aromatic heterocycles. The molecule has 0 aliphatic carbocycles. The molecular formula is C25H21BrFN5O. The first-order chi connectivity index (χ1) is 16.1. The SMILES string of the molecule is Fc1ccccc1CCc1cc(OCCn2ccnc2)cc(-c2nc3ncc(Br)cc3[nH]2)c1. The molecule has 0 bridgehead atoms. The Morgan fingerprint density at radius 3 is 2.85 bits per heavy atom. The number of rotatable bonds is 8. The van der Waals surface area contributed by atoms with Crippen molar-refractivity contribution in [2.45, 2.75) is 19.4 Å². The highest BCUT2D eigenvalue weighted by atomic mass is 79.9. The Morgan fingerprint density at radius 2 is 2.00 bits per heavy atom. The number of imidazole rings is 2. The van der Waals surface area contributed by atoms with E-state index >= 15 is 0 Å².